The van der Waals surface area contributed by atoms with Crippen LogP contribution in [-0.4, -0.2) is 47.4 Å². The molecule has 0 aromatic carbocycles. The Hall–Kier alpha value is -2.18. The van der Waals surface area contributed by atoms with E-state index in [1.807, 2.05) is 6.08 Å². The van der Waals surface area contributed by atoms with Gasteiger partial charge in [0.25, 0.3) is 0 Å². The second-order valence-corrected chi connectivity index (χ2v) is 26.0. The Labute approximate surface area is 525 Å². The number of unbranched alkanes of at least 4 members (excludes halogenated alkanes) is 54. The number of carbonyl (C=O) groups excluding carboxylic acids is 2. The fourth-order valence-electron chi connectivity index (χ4n) is 11.8. The van der Waals surface area contributed by atoms with Gasteiger partial charge >= 0.3 is 5.97 Å². The topological polar surface area (TPSA) is 95.9 Å². The van der Waals surface area contributed by atoms with Gasteiger partial charge in [-0.2, -0.15) is 0 Å². The van der Waals surface area contributed by atoms with Crippen LogP contribution in [0.15, 0.2) is 48.6 Å². The van der Waals surface area contributed by atoms with Crippen LogP contribution in [0.3, 0.4) is 0 Å². The first-order chi connectivity index (χ1) is 41.5. The van der Waals surface area contributed by atoms with Gasteiger partial charge in [-0.15, -0.1) is 0 Å². The molecule has 0 spiro atoms. The summed E-state index contributed by atoms with van der Waals surface area (Å²) in [6.07, 6.45) is 96.5. The summed E-state index contributed by atoms with van der Waals surface area (Å²) in [5.74, 6) is -0.0611. The first kappa shape index (κ1) is 81.8. The molecule has 0 radical (unpaired) electrons. The second kappa shape index (κ2) is 73.3. The Morgan fingerprint density at radius 1 is 0.333 bits per heavy atom. The summed E-state index contributed by atoms with van der Waals surface area (Å²) in [6, 6.07) is -0.630. The Kier molecular flexibility index (Phi) is 71.4. The van der Waals surface area contributed by atoms with Crippen LogP contribution in [0.5, 0.6) is 0 Å². The van der Waals surface area contributed by atoms with Gasteiger partial charge in [0.2, 0.25) is 5.91 Å². The number of aliphatic hydroxyl groups excluding tert-OH is 2. The van der Waals surface area contributed by atoms with Crippen LogP contribution in [0, 0.1) is 0 Å². The molecule has 0 saturated carbocycles. The lowest BCUT2D eigenvalue weighted by Gasteiger charge is -2.20. The molecule has 2 atom stereocenters. The minimum absolute atomic E-state index is 0.00198. The third-order valence-electron chi connectivity index (χ3n) is 17.6. The maximum absolute atomic E-state index is 12.5. The van der Waals surface area contributed by atoms with Gasteiger partial charge in [-0.3, -0.25) is 9.59 Å². The molecule has 0 bridgehead atoms. The molecule has 0 aromatic rings. The number of allylic oxidation sites excluding steroid dienone is 7. The van der Waals surface area contributed by atoms with Crippen molar-refractivity contribution in [3.63, 3.8) is 0 Å². The molecule has 0 rings (SSSR count). The highest BCUT2D eigenvalue weighted by molar-refractivity contribution is 5.76. The maximum Gasteiger partial charge on any atom is 0.305 e. The predicted octanol–water partition coefficient (Wildman–Crippen LogP) is 24.8. The highest BCUT2D eigenvalue weighted by Gasteiger charge is 2.18. The number of carbonyl (C=O) groups is 2. The molecular weight excluding hydrogens is 1030 g/mol. The van der Waals surface area contributed by atoms with Crippen molar-refractivity contribution < 1.29 is 24.5 Å². The normalized spacial score (nSPS) is 12.8. The number of nitrogens with one attached hydrogen (secondary N) is 1. The summed E-state index contributed by atoms with van der Waals surface area (Å²) in [5, 5.41) is 23.3. The van der Waals surface area contributed by atoms with Crippen LogP contribution in [0.4, 0.5) is 0 Å². The highest BCUT2D eigenvalue weighted by Crippen LogP contribution is 2.19. The lowest BCUT2D eigenvalue weighted by Crippen LogP contribution is -2.45. The molecule has 6 nitrogen and oxygen atoms in total. The van der Waals surface area contributed by atoms with Crippen molar-refractivity contribution in [2.75, 3.05) is 13.2 Å². The Morgan fingerprint density at radius 2 is 0.607 bits per heavy atom. The standard InChI is InChI=1S/C78H147NO5/c1-3-5-7-9-11-13-15-16-17-18-19-20-21-29-32-35-38-41-44-47-51-54-58-62-66-70-76(81)75(74-80)79-77(82)71-67-63-59-55-52-48-45-42-39-36-33-30-27-25-23-22-24-26-28-31-34-37-40-43-46-49-53-57-61-65-69-73-84-78(83)72-68-64-60-56-50-14-12-10-8-6-4-2/h10,12,24,26,31,34,66,70,75-76,80-81H,3-9,11,13-23,25,27-30,32-33,35-65,67-69,71-74H2,1-2H3,(H,79,82)/b12-10-,26-24-,34-31-,70-66+. The van der Waals surface area contributed by atoms with Gasteiger partial charge in [0.1, 0.15) is 0 Å². The largest absolute Gasteiger partial charge is 0.466 e. The average molecular weight is 1180 g/mol. The van der Waals surface area contributed by atoms with E-state index in [1.54, 1.807) is 6.08 Å². The molecule has 0 fully saturated rings. The number of hydrogen-bond donors (Lipinski definition) is 3. The van der Waals surface area contributed by atoms with Crippen LogP contribution >= 0.6 is 0 Å². The minimum Gasteiger partial charge on any atom is -0.466 e. The van der Waals surface area contributed by atoms with E-state index in [1.165, 1.54) is 334 Å². The Balaban J connectivity index is 3.43. The molecule has 0 aliphatic heterocycles. The molecule has 0 heterocycles. The molecule has 0 aliphatic rings. The Bertz CT molecular complexity index is 1400. The molecule has 0 saturated heterocycles. The lowest BCUT2D eigenvalue weighted by atomic mass is 10.0. The van der Waals surface area contributed by atoms with E-state index in [9.17, 15) is 19.8 Å². The molecule has 84 heavy (non-hydrogen) atoms. The van der Waals surface area contributed by atoms with Crippen LogP contribution in [0.1, 0.15) is 412 Å². The summed E-state index contributed by atoms with van der Waals surface area (Å²) in [4.78, 5) is 24.6. The summed E-state index contributed by atoms with van der Waals surface area (Å²) in [5.41, 5.74) is 0. The summed E-state index contributed by atoms with van der Waals surface area (Å²) >= 11 is 0. The van der Waals surface area contributed by atoms with Gasteiger partial charge in [-0.25, -0.2) is 0 Å². The van der Waals surface area contributed by atoms with Crippen molar-refractivity contribution in [3.8, 4) is 0 Å². The molecular formula is C78H147NO5. The van der Waals surface area contributed by atoms with Gasteiger partial charge < -0.3 is 20.3 Å². The zero-order valence-electron chi connectivity index (χ0n) is 56.6. The Morgan fingerprint density at radius 3 is 0.952 bits per heavy atom. The zero-order valence-corrected chi connectivity index (χ0v) is 56.6. The summed E-state index contributed by atoms with van der Waals surface area (Å²) in [7, 11) is 0. The van der Waals surface area contributed by atoms with Crippen LogP contribution in [0.25, 0.3) is 0 Å². The van der Waals surface area contributed by atoms with Crippen molar-refractivity contribution in [2.24, 2.45) is 0 Å². The van der Waals surface area contributed by atoms with E-state index in [0.717, 1.165) is 51.4 Å². The second-order valence-electron chi connectivity index (χ2n) is 26.0. The van der Waals surface area contributed by atoms with Crippen molar-refractivity contribution in [2.45, 2.75) is 424 Å². The number of aliphatic hydroxyl groups is 2. The van der Waals surface area contributed by atoms with Crippen molar-refractivity contribution >= 4 is 11.9 Å². The smallest absolute Gasteiger partial charge is 0.305 e. The fourth-order valence-corrected chi connectivity index (χ4v) is 11.8. The van der Waals surface area contributed by atoms with Crippen LogP contribution < -0.4 is 5.32 Å². The third kappa shape index (κ3) is 68.9. The van der Waals surface area contributed by atoms with Crippen LogP contribution in [0.2, 0.25) is 0 Å². The van der Waals surface area contributed by atoms with E-state index < -0.39 is 12.1 Å². The van der Waals surface area contributed by atoms with Crippen molar-refractivity contribution in [1.82, 2.24) is 5.32 Å². The van der Waals surface area contributed by atoms with Gasteiger partial charge in [-0.1, -0.05) is 364 Å². The fraction of sp³-hybridized carbons (Fsp3) is 0.872. The molecule has 1 amide bonds. The van der Waals surface area contributed by atoms with Gasteiger partial charge in [0.05, 0.1) is 25.4 Å². The maximum atomic E-state index is 12.5. The van der Waals surface area contributed by atoms with E-state index in [0.29, 0.717) is 19.4 Å². The minimum atomic E-state index is -0.846. The summed E-state index contributed by atoms with van der Waals surface area (Å²) in [6.45, 7) is 4.90. The number of rotatable bonds is 71. The van der Waals surface area contributed by atoms with Crippen molar-refractivity contribution in [1.29, 1.82) is 0 Å². The molecule has 0 aromatic heterocycles. The van der Waals surface area contributed by atoms with Crippen LogP contribution in [-0.2, 0) is 14.3 Å². The monoisotopic (exact) mass is 1180 g/mol. The first-order valence-corrected chi connectivity index (χ1v) is 37.9. The third-order valence-corrected chi connectivity index (χ3v) is 17.6. The van der Waals surface area contributed by atoms with E-state index in [4.69, 9.17) is 4.74 Å². The SMILES string of the molecule is CCCC/C=C\CCCCCCCC(=O)OCCCCCCCCCCC/C=C\C/C=C\CCCCCCCCCCCCCCCCCC(=O)NC(CO)C(O)/C=C/CCCCCCCCCCCCCCCCCCCCCCCCC. The molecule has 494 valence electrons. The van der Waals surface area contributed by atoms with Crippen molar-refractivity contribution in [3.05, 3.63) is 48.6 Å². The molecule has 0 aliphatic carbocycles. The predicted molar refractivity (Wildman–Crippen MR) is 370 cm³/mol. The lowest BCUT2D eigenvalue weighted by molar-refractivity contribution is -0.143. The molecule has 2 unspecified atom stereocenters. The highest BCUT2D eigenvalue weighted by atomic mass is 16.5. The van der Waals surface area contributed by atoms with Gasteiger partial charge in [0.15, 0.2) is 0 Å². The van der Waals surface area contributed by atoms with E-state index in [2.05, 4.69) is 55.6 Å². The number of ether oxygens (including phenoxy) is 1. The van der Waals surface area contributed by atoms with Gasteiger partial charge in [-0.05, 0) is 83.5 Å². The van der Waals surface area contributed by atoms with Gasteiger partial charge in [0, 0.05) is 12.8 Å². The average Bonchev–Trinajstić information content (AvgIpc) is 3.51. The quantitative estimate of drug-likeness (QED) is 0.0320. The molecule has 6 heteroatoms. The number of hydrogen-bond acceptors (Lipinski definition) is 5. The first-order valence-electron chi connectivity index (χ1n) is 37.9. The molecule has 3 N–H and O–H groups in total. The van der Waals surface area contributed by atoms with E-state index in [-0.39, 0.29) is 18.5 Å². The zero-order chi connectivity index (χ0) is 60.6. The summed E-state index contributed by atoms with van der Waals surface area (Å²) < 4.78 is 5.46. The van der Waals surface area contributed by atoms with E-state index >= 15 is 0 Å². The number of amides is 1. The number of esters is 1.